The van der Waals surface area contributed by atoms with Gasteiger partial charge in [-0.15, -0.1) is 0 Å². The molecule has 2 aromatic carbocycles. The molecule has 0 N–H and O–H groups in total. The molecule has 32 heavy (non-hydrogen) atoms. The first-order valence-electron chi connectivity index (χ1n) is 11.0. The summed E-state index contributed by atoms with van der Waals surface area (Å²) < 4.78 is 41.7. The maximum absolute atomic E-state index is 13.9. The third kappa shape index (κ3) is 4.10. The zero-order chi connectivity index (χ0) is 23.0. The maximum atomic E-state index is 13.9. The van der Waals surface area contributed by atoms with Gasteiger partial charge in [-0.1, -0.05) is 37.3 Å². The average molecular weight is 441 g/mol. The Labute approximate surface area is 185 Å². The van der Waals surface area contributed by atoms with E-state index in [1.54, 1.807) is 25.1 Å². The van der Waals surface area contributed by atoms with Crippen LogP contribution in [0.4, 0.5) is 18.9 Å². The van der Waals surface area contributed by atoms with Gasteiger partial charge in [0.15, 0.2) is 11.6 Å². The third-order valence-corrected chi connectivity index (χ3v) is 6.59. The van der Waals surface area contributed by atoms with E-state index in [-0.39, 0.29) is 17.2 Å². The molecule has 1 aliphatic carbocycles. The van der Waals surface area contributed by atoms with Crippen molar-refractivity contribution in [3.63, 3.8) is 0 Å². The molecule has 4 rings (SSSR count). The molecule has 1 fully saturated rings. The van der Waals surface area contributed by atoms with Crippen LogP contribution in [-0.2, 0) is 23.8 Å². The number of rotatable bonds is 5. The van der Waals surface area contributed by atoms with Gasteiger partial charge in [0.25, 0.3) is 0 Å². The van der Waals surface area contributed by atoms with E-state index in [9.17, 15) is 22.8 Å². The van der Waals surface area contributed by atoms with Gasteiger partial charge in [-0.2, -0.15) is 13.2 Å². The summed E-state index contributed by atoms with van der Waals surface area (Å²) in [6.07, 6.45) is -0.274. The highest BCUT2D eigenvalue weighted by atomic mass is 19.4. The number of allylic oxidation sites excluding steroid dienone is 2. The van der Waals surface area contributed by atoms with Crippen LogP contribution >= 0.6 is 0 Å². The lowest BCUT2D eigenvalue weighted by Gasteiger charge is -2.27. The van der Waals surface area contributed by atoms with Crippen molar-refractivity contribution in [1.82, 2.24) is 0 Å². The van der Waals surface area contributed by atoms with E-state index >= 15 is 0 Å². The SMILES string of the molecule is CCC1CCCN1c1ccc(CC(=O)C2=CCc3cccc(C)c3C2=O)c(C(F)(F)F)c1. The van der Waals surface area contributed by atoms with Crippen molar-refractivity contribution in [2.45, 2.75) is 58.2 Å². The van der Waals surface area contributed by atoms with Gasteiger partial charge in [0.05, 0.1) is 11.1 Å². The van der Waals surface area contributed by atoms with E-state index in [1.165, 1.54) is 6.07 Å². The van der Waals surface area contributed by atoms with E-state index in [0.717, 1.165) is 43.0 Å². The number of hydrogen-bond donors (Lipinski definition) is 0. The van der Waals surface area contributed by atoms with Gasteiger partial charge in [0.1, 0.15) is 0 Å². The zero-order valence-electron chi connectivity index (χ0n) is 18.3. The van der Waals surface area contributed by atoms with Crippen molar-refractivity contribution in [3.05, 3.63) is 75.9 Å². The molecule has 1 saturated heterocycles. The minimum atomic E-state index is -4.58. The number of benzene rings is 2. The summed E-state index contributed by atoms with van der Waals surface area (Å²) in [5.74, 6) is -0.975. The molecule has 6 heteroatoms. The van der Waals surface area contributed by atoms with Gasteiger partial charge < -0.3 is 4.90 Å². The molecule has 1 heterocycles. The number of carbonyl (C=O) groups is 2. The number of carbonyl (C=O) groups excluding carboxylic acids is 2. The van der Waals surface area contributed by atoms with Gasteiger partial charge >= 0.3 is 6.18 Å². The molecule has 0 saturated carbocycles. The summed E-state index contributed by atoms with van der Waals surface area (Å²) in [5, 5.41) is 0. The van der Waals surface area contributed by atoms with Crippen LogP contribution in [0.1, 0.15) is 58.8 Å². The van der Waals surface area contributed by atoms with Crippen LogP contribution < -0.4 is 4.90 Å². The van der Waals surface area contributed by atoms with Gasteiger partial charge in [0, 0.05) is 30.3 Å². The summed E-state index contributed by atoms with van der Waals surface area (Å²) in [5.41, 5.74) is 1.72. The number of halogens is 3. The lowest BCUT2D eigenvalue weighted by molar-refractivity contribution is -0.138. The van der Waals surface area contributed by atoms with Crippen LogP contribution in [0.15, 0.2) is 48.0 Å². The predicted octanol–water partition coefficient (Wildman–Crippen LogP) is 5.87. The number of nitrogens with zero attached hydrogens (tertiary/aromatic N) is 1. The van der Waals surface area contributed by atoms with Crippen LogP contribution in [0, 0.1) is 6.92 Å². The fourth-order valence-corrected chi connectivity index (χ4v) is 4.93. The minimum absolute atomic E-state index is 0.0189. The highest BCUT2D eigenvalue weighted by Crippen LogP contribution is 2.37. The quantitative estimate of drug-likeness (QED) is 0.545. The number of anilines is 1. The Kier molecular flexibility index (Phi) is 5.97. The second-order valence-electron chi connectivity index (χ2n) is 8.60. The van der Waals surface area contributed by atoms with Crippen molar-refractivity contribution in [2.75, 3.05) is 11.4 Å². The van der Waals surface area contributed by atoms with Crippen LogP contribution in [-0.4, -0.2) is 24.2 Å². The Hall–Kier alpha value is -2.89. The number of alkyl halides is 3. The molecular weight excluding hydrogens is 415 g/mol. The average Bonchev–Trinajstić information content (AvgIpc) is 3.22. The fraction of sp³-hybridized carbons (Fsp3) is 0.385. The lowest BCUT2D eigenvalue weighted by Crippen LogP contribution is -2.29. The molecule has 0 spiro atoms. The molecule has 168 valence electrons. The Morgan fingerprint density at radius 3 is 2.69 bits per heavy atom. The van der Waals surface area contributed by atoms with Crippen molar-refractivity contribution in [1.29, 1.82) is 0 Å². The summed E-state index contributed by atoms with van der Waals surface area (Å²) in [6, 6.07) is 9.94. The van der Waals surface area contributed by atoms with E-state index < -0.39 is 29.7 Å². The second kappa shape index (κ2) is 8.57. The van der Waals surface area contributed by atoms with Crippen molar-refractivity contribution in [2.24, 2.45) is 0 Å². The Morgan fingerprint density at radius 1 is 1.19 bits per heavy atom. The van der Waals surface area contributed by atoms with Crippen LogP contribution in [0.25, 0.3) is 0 Å². The smallest absolute Gasteiger partial charge is 0.369 e. The standard InChI is InChI=1S/C26H26F3NO2/c1-3-19-8-5-13-30(19)20-11-9-18(22(15-20)26(27,28)29)14-23(31)21-12-10-17-7-4-6-16(2)24(17)25(21)32/h4,6-7,9,11-12,15,19H,3,5,8,10,13-14H2,1-2H3. The van der Waals surface area contributed by atoms with E-state index in [1.807, 2.05) is 24.0 Å². The number of Topliss-reactive ketones (excluding diaryl/α,β-unsaturated/α-hetero) is 2. The van der Waals surface area contributed by atoms with Gasteiger partial charge in [-0.25, -0.2) is 0 Å². The number of hydrogen-bond acceptors (Lipinski definition) is 3. The Morgan fingerprint density at radius 2 is 1.97 bits per heavy atom. The van der Waals surface area contributed by atoms with E-state index in [2.05, 4.69) is 0 Å². The molecule has 0 aromatic heterocycles. The Balaban J connectivity index is 1.63. The first-order valence-corrected chi connectivity index (χ1v) is 11.0. The van der Waals surface area contributed by atoms with Crippen molar-refractivity contribution < 1.29 is 22.8 Å². The van der Waals surface area contributed by atoms with Crippen LogP contribution in [0.3, 0.4) is 0 Å². The second-order valence-corrected chi connectivity index (χ2v) is 8.60. The zero-order valence-corrected chi connectivity index (χ0v) is 18.3. The van der Waals surface area contributed by atoms with Crippen molar-refractivity contribution in [3.8, 4) is 0 Å². The van der Waals surface area contributed by atoms with Gasteiger partial charge in [0.2, 0.25) is 0 Å². The molecule has 1 aliphatic heterocycles. The lowest BCUT2D eigenvalue weighted by atomic mass is 9.84. The summed E-state index contributed by atoms with van der Waals surface area (Å²) in [6.45, 7) is 4.57. The summed E-state index contributed by atoms with van der Waals surface area (Å²) in [4.78, 5) is 27.9. The van der Waals surface area contributed by atoms with Crippen molar-refractivity contribution >= 4 is 17.3 Å². The normalized spacial score (nSPS) is 18.5. The number of fused-ring (bicyclic) bond motifs is 1. The molecular formula is C26H26F3NO2. The van der Waals surface area contributed by atoms with E-state index in [0.29, 0.717) is 17.7 Å². The summed E-state index contributed by atoms with van der Waals surface area (Å²) in [7, 11) is 0. The monoisotopic (exact) mass is 441 g/mol. The van der Waals surface area contributed by atoms with Gasteiger partial charge in [-0.3, -0.25) is 9.59 Å². The maximum Gasteiger partial charge on any atom is 0.416 e. The van der Waals surface area contributed by atoms with E-state index in [4.69, 9.17) is 0 Å². The Bertz CT molecular complexity index is 1100. The van der Waals surface area contributed by atoms with Crippen LogP contribution in [0.2, 0.25) is 0 Å². The predicted molar refractivity (Wildman–Crippen MR) is 118 cm³/mol. The first kappa shape index (κ1) is 22.3. The topological polar surface area (TPSA) is 37.4 Å². The highest BCUT2D eigenvalue weighted by Gasteiger charge is 2.36. The fourth-order valence-electron chi connectivity index (χ4n) is 4.93. The molecule has 3 nitrogen and oxygen atoms in total. The molecule has 1 unspecified atom stereocenters. The molecule has 0 radical (unpaired) electrons. The molecule has 2 aromatic rings. The van der Waals surface area contributed by atoms with Gasteiger partial charge in [-0.05, 0) is 61.4 Å². The molecule has 2 aliphatic rings. The summed E-state index contributed by atoms with van der Waals surface area (Å²) >= 11 is 0. The molecule has 1 atom stereocenters. The molecule has 0 amide bonds. The van der Waals surface area contributed by atoms with Crippen LogP contribution in [0.5, 0.6) is 0 Å². The third-order valence-electron chi connectivity index (χ3n) is 6.59. The largest absolute Gasteiger partial charge is 0.416 e. The highest BCUT2D eigenvalue weighted by molar-refractivity contribution is 6.28. The first-order chi connectivity index (χ1) is 15.2. The number of ketones is 2. The number of aryl methyl sites for hydroxylation is 1. The minimum Gasteiger partial charge on any atom is -0.369 e. The molecule has 0 bridgehead atoms.